The Morgan fingerprint density at radius 1 is 1.50 bits per heavy atom. The zero-order valence-corrected chi connectivity index (χ0v) is 9.25. The van der Waals surface area contributed by atoms with E-state index in [0.717, 1.165) is 0 Å². The molecule has 72 valence electrons. The first-order valence-electron chi connectivity index (χ1n) is 3.14. The maximum absolute atomic E-state index is 10.3. The molecule has 0 heterocycles. The van der Waals surface area contributed by atoms with Gasteiger partial charge in [0.05, 0.1) is 5.38 Å². The Bertz CT molecular complexity index is 165. The molecule has 0 aromatic heterocycles. The average molecular weight is 254 g/mol. The van der Waals surface area contributed by atoms with Gasteiger partial charge in [0, 0.05) is 0 Å². The molecule has 12 heavy (non-hydrogen) atoms. The van der Waals surface area contributed by atoms with Crippen LogP contribution in [0.2, 0.25) is 0 Å². The third kappa shape index (κ3) is 4.61. The Hall–Kier alpha value is 0.630. The first kappa shape index (κ1) is 12.6. The molecule has 0 aliphatic rings. The van der Waals surface area contributed by atoms with Crippen LogP contribution < -0.4 is 0 Å². The molecular weight excluding hydrogens is 246 g/mol. The average Bonchev–Trinajstić information content (AvgIpc) is 1.85. The van der Waals surface area contributed by atoms with Gasteiger partial charge in [-0.2, -0.15) is 0 Å². The number of aliphatic carboxylic acids is 1. The van der Waals surface area contributed by atoms with Gasteiger partial charge in [-0.25, -0.2) is 0 Å². The Balaban J connectivity index is 4.01. The van der Waals surface area contributed by atoms with Crippen LogP contribution in [0.15, 0.2) is 0 Å². The fourth-order valence-electron chi connectivity index (χ4n) is 0.489. The molecule has 0 aliphatic carbocycles. The molecule has 0 aromatic rings. The molecule has 0 amide bonds. The molecule has 1 N–H and O–H groups in total. The maximum Gasteiger partial charge on any atom is 0.321 e. The van der Waals surface area contributed by atoms with Gasteiger partial charge < -0.3 is 5.11 Å². The van der Waals surface area contributed by atoms with E-state index in [2.05, 4.69) is 0 Å². The van der Waals surface area contributed by atoms with E-state index in [1.54, 1.807) is 0 Å². The molecule has 6 heteroatoms. The Morgan fingerprint density at radius 2 is 1.92 bits per heavy atom. The quantitative estimate of drug-likeness (QED) is 0.783. The van der Waals surface area contributed by atoms with E-state index in [4.69, 9.17) is 51.5 Å². The summed E-state index contributed by atoms with van der Waals surface area (Å²) in [5.41, 5.74) is 0. The lowest BCUT2D eigenvalue weighted by Gasteiger charge is -2.20. The minimum absolute atomic E-state index is 0.0297. The topological polar surface area (TPSA) is 37.3 Å². The second-order valence-corrected chi connectivity index (χ2v) is 5.28. The van der Waals surface area contributed by atoms with E-state index in [-0.39, 0.29) is 6.42 Å². The Kier molecular flexibility index (Phi) is 5.00. The van der Waals surface area contributed by atoms with Crippen LogP contribution in [0.3, 0.4) is 0 Å². The Morgan fingerprint density at radius 3 is 2.17 bits per heavy atom. The summed E-state index contributed by atoms with van der Waals surface area (Å²) in [6.07, 6.45) is 0.0297. The molecule has 0 saturated carbocycles. The molecule has 0 saturated heterocycles. The molecule has 0 fully saturated rings. The van der Waals surface area contributed by atoms with Crippen LogP contribution in [0.5, 0.6) is 0 Å². The molecule has 0 aromatic carbocycles. The van der Waals surface area contributed by atoms with Crippen molar-refractivity contribution in [2.75, 3.05) is 0 Å². The second-order valence-electron chi connectivity index (χ2n) is 2.47. The van der Waals surface area contributed by atoms with Crippen LogP contribution in [0.4, 0.5) is 0 Å². The van der Waals surface area contributed by atoms with Crippen molar-refractivity contribution in [3.63, 3.8) is 0 Å². The summed E-state index contributed by atoms with van der Waals surface area (Å²) in [6.45, 7) is 1.49. The molecule has 2 unspecified atom stereocenters. The lowest BCUT2D eigenvalue weighted by molar-refractivity contribution is -0.136. The molecule has 2 nitrogen and oxygen atoms in total. The van der Waals surface area contributed by atoms with Crippen molar-refractivity contribution < 1.29 is 9.90 Å². The standard InChI is InChI=1S/C6H8Cl4O2/c1-6(9,10)4(8)2-3(7)5(11)12/h3-4H,2H2,1H3,(H,11,12). The van der Waals surface area contributed by atoms with Crippen molar-refractivity contribution in [2.24, 2.45) is 0 Å². The van der Waals surface area contributed by atoms with Crippen molar-refractivity contribution in [3.05, 3.63) is 0 Å². The van der Waals surface area contributed by atoms with E-state index >= 15 is 0 Å². The lowest BCUT2D eigenvalue weighted by Crippen LogP contribution is -2.28. The number of halogens is 4. The maximum atomic E-state index is 10.3. The molecule has 0 bridgehead atoms. The van der Waals surface area contributed by atoms with Crippen LogP contribution >= 0.6 is 46.4 Å². The third-order valence-corrected chi connectivity index (χ3v) is 2.96. The van der Waals surface area contributed by atoms with Crippen LogP contribution in [0, 0.1) is 0 Å². The third-order valence-electron chi connectivity index (χ3n) is 1.23. The van der Waals surface area contributed by atoms with E-state index in [1.807, 2.05) is 0 Å². The SMILES string of the molecule is CC(Cl)(Cl)C(Cl)CC(Cl)C(=O)O. The summed E-state index contributed by atoms with van der Waals surface area (Å²) in [5.74, 6) is -1.13. The summed E-state index contributed by atoms with van der Waals surface area (Å²) in [4.78, 5) is 10.3. The van der Waals surface area contributed by atoms with E-state index in [9.17, 15) is 4.79 Å². The number of carboxylic acids is 1. The molecular formula is C6H8Cl4O2. The highest BCUT2D eigenvalue weighted by atomic mass is 35.5. The lowest BCUT2D eigenvalue weighted by atomic mass is 10.2. The molecule has 0 rings (SSSR count). The second kappa shape index (κ2) is 4.75. The van der Waals surface area contributed by atoms with Gasteiger partial charge in [-0.15, -0.1) is 46.4 Å². The van der Waals surface area contributed by atoms with Gasteiger partial charge in [-0.1, -0.05) is 0 Å². The number of alkyl halides is 4. The number of rotatable bonds is 4. The van der Waals surface area contributed by atoms with Crippen molar-refractivity contribution >= 4 is 52.4 Å². The summed E-state index contributed by atoms with van der Waals surface area (Å²) in [7, 11) is 0. The van der Waals surface area contributed by atoms with Crippen LogP contribution in [0.25, 0.3) is 0 Å². The highest BCUT2D eigenvalue weighted by Gasteiger charge is 2.31. The molecule has 2 atom stereocenters. The van der Waals surface area contributed by atoms with Gasteiger partial charge in [0.2, 0.25) is 0 Å². The zero-order chi connectivity index (χ0) is 9.94. The Labute approximate surface area is 90.7 Å². The van der Waals surface area contributed by atoms with Crippen molar-refractivity contribution in [2.45, 2.75) is 28.4 Å². The fraction of sp³-hybridized carbons (Fsp3) is 0.833. The smallest absolute Gasteiger partial charge is 0.321 e. The van der Waals surface area contributed by atoms with Gasteiger partial charge in [-0.05, 0) is 13.3 Å². The summed E-state index contributed by atoms with van der Waals surface area (Å²) >= 11 is 22.3. The van der Waals surface area contributed by atoms with Gasteiger partial charge in [0.15, 0.2) is 0 Å². The first-order valence-corrected chi connectivity index (χ1v) is 4.76. The van der Waals surface area contributed by atoms with E-state index in [1.165, 1.54) is 6.92 Å². The van der Waals surface area contributed by atoms with Gasteiger partial charge >= 0.3 is 5.97 Å². The minimum Gasteiger partial charge on any atom is -0.480 e. The number of carbonyl (C=O) groups is 1. The predicted molar refractivity (Wildman–Crippen MR) is 51.6 cm³/mol. The molecule has 0 aliphatic heterocycles. The summed E-state index contributed by atoms with van der Waals surface area (Å²) in [6, 6.07) is 0. The van der Waals surface area contributed by atoms with Crippen LogP contribution in [-0.2, 0) is 4.79 Å². The summed E-state index contributed by atoms with van der Waals surface area (Å²) in [5, 5.41) is 6.69. The van der Waals surface area contributed by atoms with Gasteiger partial charge in [0.25, 0.3) is 0 Å². The van der Waals surface area contributed by atoms with Crippen LogP contribution in [0.1, 0.15) is 13.3 Å². The number of hydrogen-bond acceptors (Lipinski definition) is 1. The fourth-order valence-corrected chi connectivity index (χ4v) is 1.12. The molecule has 0 radical (unpaired) electrons. The van der Waals surface area contributed by atoms with Gasteiger partial charge in [0.1, 0.15) is 9.71 Å². The summed E-state index contributed by atoms with van der Waals surface area (Å²) < 4.78 is -1.16. The number of hydrogen-bond donors (Lipinski definition) is 1. The van der Waals surface area contributed by atoms with E-state index < -0.39 is 21.1 Å². The van der Waals surface area contributed by atoms with Crippen LogP contribution in [-0.4, -0.2) is 26.2 Å². The highest BCUT2D eigenvalue weighted by molar-refractivity contribution is 6.52. The first-order chi connectivity index (χ1) is 5.25. The largest absolute Gasteiger partial charge is 0.480 e. The monoisotopic (exact) mass is 252 g/mol. The highest BCUT2D eigenvalue weighted by Crippen LogP contribution is 2.32. The normalized spacial score (nSPS) is 17.1. The zero-order valence-electron chi connectivity index (χ0n) is 6.23. The predicted octanol–water partition coefficient (Wildman–Crippen LogP) is 2.87. The molecule has 0 spiro atoms. The van der Waals surface area contributed by atoms with E-state index in [0.29, 0.717) is 0 Å². The van der Waals surface area contributed by atoms with Gasteiger partial charge in [-0.3, -0.25) is 4.79 Å². The minimum atomic E-state index is -1.16. The van der Waals surface area contributed by atoms with Crippen molar-refractivity contribution in [3.8, 4) is 0 Å². The van der Waals surface area contributed by atoms with Crippen molar-refractivity contribution in [1.82, 2.24) is 0 Å². The number of carboxylic acid groups (broad SMARTS) is 1. The van der Waals surface area contributed by atoms with Crippen molar-refractivity contribution in [1.29, 1.82) is 0 Å².